The average Bonchev–Trinajstić information content (AvgIpc) is 2.39. The van der Waals surface area contributed by atoms with Crippen molar-refractivity contribution >= 4 is 5.78 Å². The van der Waals surface area contributed by atoms with Gasteiger partial charge in [0, 0.05) is 18.9 Å². The summed E-state index contributed by atoms with van der Waals surface area (Å²) in [5.41, 5.74) is 0. The summed E-state index contributed by atoms with van der Waals surface area (Å²) in [6.07, 6.45) is 4.22. The Morgan fingerprint density at radius 1 is 1.25 bits per heavy atom. The van der Waals surface area contributed by atoms with Gasteiger partial charge in [-0.25, -0.2) is 0 Å². The Hall–Kier alpha value is -0.410. The Morgan fingerprint density at radius 2 is 1.95 bits per heavy atom. The summed E-state index contributed by atoms with van der Waals surface area (Å²) < 4.78 is 0. The van der Waals surface area contributed by atoms with Gasteiger partial charge in [-0.15, -0.1) is 0 Å². The topological polar surface area (TPSA) is 23.6 Å². The van der Waals surface area contributed by atoms with Gasteiger partial charge in [0.25, 0.3) is 0 Å². The van der Waals surface area contributed by atoms with Gasteiger partial charge < -0.3 is 9.80 Å². The number of Topliss-reactive ketones (excluding diaryl/α,β-unsaturated/α-hetero) is 1. The van der Waals surface area contributed by atoms with Crippen LogP contribution in [0.1, 0.15) is 46.5 Å². The molecule has 0 bridgehead atoms. The molecule has 1 saturated carbocycles. The van der Waals surface area contributed by atoms with Crippen molar-refractivity contribution in [2.24, 2.45) is 17.8 Å². The average molecular weight is 282 g/mol. The minimum absolute atomic E-state index is 0.287. The third kappa shape index (κ3) is 5.92. The molecule has 0 amide bonds. The third-order valence-electron chi connectivity index (χ3n) is 4.75. The molecule has 3 nitrogen and oxygen atoms in total. The van der Waals surface area contributed by atoms with Gasteiger partial charge in [-0.3, -0.25) is 4.79 Å². The highest BCUT2D eigenvalue weighted by Crippen LogP contribution is 2.32. The predicted molar refractivity (Wildman–Crippen MR) is 86.0 cm³/mol. The number of rotatable bonds is 8. The molecule has 1 aliphatic rings. The zero-order valence-corrected chi connectivity index (χ0v) is 14.2. The van der Waals surface area contributed by atoms with Gasteiger partial charge in [-0.1, -0.05) is 20.8 Å². The van der Waals surface area contributed by atoms with E-state index >= 15 is 0 Å². The van der Waals surface area contributed by atoms with Gasteiger partial charge in [-0.05, 0) is 64.8 Å². The minimum atomic E-state index is 0.287. The first-order valence-corrected chi connectivity index (χ1v) is 8.33. The first-order chi connectivity index (χ1) is 9.43. The summed E-state index contributed by atoms with van der Waals surface area (Å²) in [6, 6.07) is 0. The molecule has 0 aromatic heterocycles. The van der Waals surface area contributed by atoms with Crippen LogP contribution in [0.15, 0.2) is 0 Å². The maximum Gasteiger partial charge on any atom is 0.137 e. The van der Waals surface area contributed by atoms with Crippen LogP contribution in [0.5, 0.6) is 0 Å². The fourth-order valence-electron chi connectivity index (χ4n) is 3.23. The number of ketones is 1. The summed E-state index contributed by atoms with van der Waals surface area (Å²) in [6.45, 7) is 11.1. The molecule has 0 aromatic rings. The number of hydrogen-bond donors (Lipinski definition) is 0. The number of carbonyl (C=O) groups excluding carboxylic acids is 1. The van der Waals surface area contributed by atoms with E-state index in [9.17, 15) is 4.79 Å². The Labute approximate surface area is 125 Å². The van der Waals surface area contributed by atoms with Crippen molar-refractivity contribution in [3.05, 3.63) is 0 Å². The Kier molecular flexibility index (Phi) is 7.75. The van der Waals surface area contributed by atoms with Crippen LogP contribution in [0, 0.1) is 17.8 Å². The van der Waals surface area contributed by atoms with Gasteiger partial charge in [0.2, 0.25) is 0 Å². The normalized spacial score (nSPS) is 24.1. The van der Waals surface area contributed by atoms with E-state index in [0.29, 0.717) is 5.78 Å². The van der Waals surface area contributed by atoms with Crippen LogP contribution in [-0.2, 0) is 4.79 Å². The quantitative estimate of drug-likeness (QED) is 0.684. The van der Waals surface area contributed by atoms with Crippen LogP contribution in [0.25, 0.3) is 0 Å². The second-order valence-corrected chi connectivity index (χ2v) is 6.99. The lowest BCUT2D eigenvalue weighted by atomic mass is 9.75. The molecule has 0 spiro atoms. The lowest BCUT2D eigenvalue weighted by Crippen LogP contribution is -2.38. The standard InChI is InChI=1S/C17H34N2O/c1-6-19(11-7-10-18(4)5)13-16-12-15(14(2)3)8-9-17(16)20/h14-16H,6-13H2,1-5H3. The van der Waals surface area contributed by atoms with Gasteiger partial charge in [0.15, 0.2) is 0 Å². The Bertz CT molecular complexity index is 289. The van der Waals surface area contributed by atoms with Crippen LogP contribution >= 0.6 is 0 Å². The molecule has 1 aliphatic carbocycles. The van der Waals surface area contributed by atoms with Crippen LogP contribution < -0.4 is 0 Å². The summed E-state index contributed by atoms with van der Waals surface area (Å²) in [7, 11) is 4.24. The molecular weight excluding hydrogens is 248 g/mol. The van der Waals surface area contributed by atoms with Crippen LogP contribution in [0.3, 0.4) is 0 Å². The molecule has 0 N–H and O–H groups in total. The lowest BCUT2D eigenvalue weighted by molar-refractivity contribution is -0.126. The number of nitrogens with zero attached hydrogens (tertiary/aromatic N) is 2. The summed E-state index contributed by atoms with van der Waals surface area (Å²) >= 11 is 0. The first-order valence-electron chi connectivity index (χ1n) is 8.33. The van der Waals surface area contributed by atoms with E-state index in [1.54, 1.807) is 0 Å². The molecule has 0 radical (unpaired) electrons. The van der Waals surface area contributed by atoms with E-state index in [2.05, 4.69) is 44.7 Å². The SMILES string of the molecule is CCN(CCCN(C)C)CC1CC(C(C)C)CCC1=O. The largest absolute Gasteiger partial charge is 0.309 e. The number of carbonyl (C=O) groups is 1. The first kappa shape index (κ1) is 17.6. The fraction of sp³-hybridized carbons (Fsp3) is 0.941. The van der Waals surface area contributed by atoms with Crippen molar-refractivity contribution in [1.82, 2.24) is 9.80 Å². The highest BCUT2D eigenvalue weighted by molar-refractivity contribution is 5.82. The molecule has 0 heterocycles. The number of hydrogen-bond acceptors (Lipinski definition) is 3. The molecule has 118 valence electrons. The molecule has 2 atom stereocenters. The van der Waals surface area contributed by atoms with Crippen molar-refractivity contribution < 1.29 is 4.79 Å². The van der Waals surface area contributed by atoms with Gasteiger partial charge in [-0.2, -0.15) is 0 Å². The molecule has 0 aromatic carbocycles. The van der Waals surface area contributed by atoms with E-state index in [-0.39, 0.29) is 5.92 Å². The second-order valence-electron chi connectivity index (χ2n) is 6.99. The predicted octanol–water partition coefficient (Wildman–Crippen LogP) is 2.90. The van der Waals surface area contributed by atoms with Gasteiger partial charge >= 0.3 is 0 Å². The van der Waals surface area contributed by atoms with E-state index < -0.39 is 0 Å². The molecular formula is C17H34N2O. The van der Waals surface area contributed by atoms with E-state index in [4.69, 9.17) is 0 Å². The van der Waals surface area contributed by atoms with E-state index in [1.165, 1.54) is 6.42 Å². The maximum atomic E-state index is 12.2. The van der Waals surface area contributed by atoms with Crippen molar-refractivity contribution in [3.63, 3.8) is 0 Å². The smallest absolute Gasteiger partial charge is 0.137 e. The molecule has 20 heavy (non-hydrogen) atoms. The van der Waals surface area contributed by atoms with Crippen molar-refractivity contribution in [3.8, 4) is 0 Å². The second kappa shape index (κ2) is 8.78. The zero-order chi connectivity index (χ0) is 15.1. The molecule has 0 aliphatic heterocycles. The van der Waals surface area contributed by atoms with Crippen molar-refractivity contribution in [2.75, 3.05) is 40.3 Å². The highest BCUT2D eigenvalue weighted by Gasteiger charge is 2.30. The van der Waals surface area contributed by atoms with Gasteiger partial charge in [0.05, 0.1) is 0 Å². The van der Waals surface area contributed by atoms with Crippen LogP contribution in [0.2, 0.25) is 0 Å². The van der Waals surface area contributed by atoms with Crippen molar-refractivity contribution in [1.29, 1.82) is 0 Å². The Morgan fingerprint density at radius 3 is 2.50 bits per heavy atom. The van der Waals surface area contributed by atoms with Gasteiger partial charge in [0.1, 0.15) is 5.78 Å². The molecule has 1 rings (SSSR count). The molecule has 0 saturated heterocycles. The van der Waals surface area contributed by atoms with E-state index in [1.807, 2.05) is 0 Å². The summed E-state index contributed by atoms with van der Waals surface area (Å²) in [5.74, 6) is 2.26. The maximum absolute atomic E-state index is 12.2. The summed E-state index contributed by atoms with van der Waals surface area (Å²) in [4.78, 5) is 16.9. The monoisotopic (exact) mass is 282 g/mol. The molecule has 3 heteroatoms. The Balaban J connectivity index is 2.43. The molecule has 1 fully saturated rings. The lowest BCUT2D eigenvalue weighted by Gasteiger charge is -2.33. The van der Waals surface area contributed by atoms with Crippen LogP contribution in [-0.4, -0.2) is 55.9 Å². The van der Waals surface area contributed by atoms with Crippen LogP contribution in [0.4, 0.5) is 0 Å². The minimum Gasteiger partial charge on any atom is -0.309 e. The highest BCUT2D eigenvalue weighted by atomic mass is 16.1. The zero-order valence-electron chi connectivity index (χ0n) is 14.2. The fourth-order valence-corrected chi connectivity index (χ4v) is 3.23. The van der Waals surface area contributed by atoms with Crippen molar-refractivity contribution in [2.45, 2.75) is 46.5 Å². The summed E-state index contributed by atoms with van der Waals surface area (Å²) in [5, 5.41) is 0. The van der Waals surface area contributed by atoms with E-state index in [0.717, 1.165) is 57.3 Å². The molecule has 2 unspecified atom stereocenters. The third-order valence-corrected chi connectivity index (χ3v) is 4.75.